The SMILES string of the molecule is Nc1sc2c(c1-c1ccoc1)CCCC2. The minimum Gasteiger partial charge on any atom is -0.472 e. The van der Waals surface area contributed by atoms with E-state index in [2.05, 4.69) is 0 Å². The largest absolute Gasteiger partial charge is 0.472 e. The van der Waals surface area contributed by atoms with E-state index >= 15 is 0 Å². The molecule has 15 heavy (non-hydrogen) atoms. The van der Waals surface area contributed by atoms with Crippen LogP contribution < -0.4 is 5.73 Å². The minimum atomic E-state index is 0.948. The first kappa shape index (κ1) is 9.04. The molecule has 1 aliphatic rings. The van der Waals surface area contributed by atoms with Gasteiger partial charge < -0.3 is 10.2 Å². The second kappa shape index (κ2) is 3.42. The first-order valence-electron chi connectivity index (χ1n) is 5.29. The Kier molecular flexibility index (Phi) is 2.06. The minimum absolute atomic E-state index is 0.948. The van der Waals surface area contributed by atoms with Crippen LogP contribution in [0, 0.1) is 0 Å². The molecule has 2 aromatic heterocycles. The Morgan fingerprint density at radius 3 is 2.93 bits per heavy atom. The maximum Gasteiger partial charge on any atom is 0.0982 e. The van der Waals surface area contributed by atoms with Gasteiger partial charge in [0, 0.05) is 16.0 Å². The number of thiophene rings is 1. The quantitative estimate of drug-likeness (QED) is 0.797. The predicted molar refractivity (Wildman–Crippen MR) is 63.1 cm³/mol. The molecule has 0 spiro atoms. The Balaban J connectivity index is 2.18. The maximum atomic E-state index is 6.09. The summed E-state index contributed by atoms with van der Waals surface area (Å²) >= 11 is 1.75. The lowest BCUT2D eigenvalue weighted by atomic mass is 9.93. The average molecular weight is 219 g/mol. The number of aryl methyl sites for hydroxylation is 1. The fourth-order valence-corrected chi connectivity index (χ4v) is 3.49. The molecular formula is C12H13NOS. The van der Waals surface area contributed by atoms with Gasteiger partial charge >= 0.3 is 0 Å². The molecule has 0 saturated heterocycles. The fraction of sp³-hybridized carbons (Fsp3) is 0.333. The number of anilines is 1. The number of hydrogen-bond acceptors (Lipinski definition) is 3. The van der Waals surface area contributed by atoms with Crippen LogP contribution >= 0.6 is 11.3 Å². The first-order valence-corrected chi connectivity index (χ1v) is 6.10. The van der Waals surface area contributed by atoms with E-state index in [0.717, 1.165) is 10.6 Å². The normalized spacial score (nSPS) is 15.2. The van der Waals surface area contributed by atoms with Crippen LogP contribution in [0.1, 0.15) is 23.3 Å². The van der Waals surface area contributed by atoms with Gasteiger partial charge in [0.05, 0.1) is 17.5 Å². The van der Waals surface area contributed by atoms with Gasteiger partial charge in [0.1, 0.15) is 0 Å². The standard InChI is InChI=1S/C12H13NOS/c13-12-11(8-5-6-14-7-8)9-3-1-2-4-10(9)15-12/h5-7H,1-4,13H2. The second-order valence-electron chi connectivity index (χ2n) is 3.96. The van der Waals surface area contributed by atoms with Crippen molar-refractivity contribution in [2.75, 3.05) is 5.73 Å². The van der Waals surface area contributed by atoms with E-state index in [0.29, 0.717) is 0 Å². The van der Waals surface area contributed by atoms with Crippen LogP contribution in [0.25, 0.3) is 11.1 Å². The van der Waals surface area contributed by atoms with Gasteiger partial charge in [-0.15, -0.1) is 11.3 Å². The van der Waals surface area contributed by atoms with Crippen molar-refractivity contribution in [1.82, 2.24) is 0 Å². The molecular weight excluding hydrogens is 206 g/mol. The van der Waals surface area contributed by atoms with E-state index in [1.807, 2.05) is 6.07 Å². The predicted octanol–water partition coefficient (Wildman–Crippen LogP) is 3.47. The molecule has 2 nitrogen and oxygen atoms in total. The van der Waals surface area contributed by atoms with Crippen molar-refractivity contribution in [3.8, 4) is 11.1 Å². The molecule has 0 amide bonds. The molecule has 0 atom stereocenters. The summed E-state index contributed by atoms with van der Waals surface area (Å²) in [5, 5.41) is 0.948. The summed E-state index contributed by atoms with van der Waals surface area (Å²) in [7, 11) is 0. The lowest BCUT2D eigenvalue weighted by Crippen LogP contribution is -1.99. The lowest BCUT2D eigenvalue weighted by molar-refractivity contribution is 0.568. The third kappa shape index (κ3) is 1.38. The van der Waals surface area contributed by atoms with E-state index in [4.69, 9.17) is 10.2 Å². The van der Waals surface area contributed by atoms with Gasteiger partial charge in [-0.05, 0) is 37.3 Å². The van der Waals surface area contributed by atoms with Gasteiger partial charge in [-0.25, -0.2) is 0 Å². The number of fused-ring (bicyclic) bond motifs is 1. The summed E-state index contributed by atoms with van der Waals surface area (Å²) < 4.78 is 5.13. The van der Waals surface area contributed by atoms with E-state index in [1.54, 1.807) is 23.9 Å². The third-order valence-electron chi connectivity index (χ3n) is 3.01. The maximum absolute atomic E-state index is 6.09. The fourth-order valence-electron chi connectivity index (χ4n) is 2.31. The van der Waals surface area contributed by atoms with Crippen molar-refractivity contribution < 1.29 is 4.42 Å². The van der Waals surface area contributed by atoms with Gasteiger partial charge in [-0.3, -0.25) is 0 Å². The summed E-state index contributed by atoms with van der Waals surface area (Å²) in [6.07, 6.45) is 8.45. The molecule has 0 unspecified atom stereocenters. The van der Waals surface area contributed by atoms with Crippen molar-refractivity contribution in [2.45, 2.75) is 25.7 Å². The summed E-state index contributed by atoms with van der Waals surface area (Å²) in [5.41, 5.74) is 9.91. The second-order valence-corrected chi connectivity index (χ2v) is 5.10. The highest BCUT2D eigenvalue weighted by Crippen LogP contribution is 2.42. The summed E-state index contributed by atoms with van der Waals surface area (Å²) in [6.45, 7) is 0. The molecule has 2 heterocycles. The molecule has 0 bridgehead atoms. The van der Waals surface area contributed by atoms with E-state index in [1.165, 1.54) is 41.7 Å². The highest BCUT2D eigenvalue weighted by molar-refractivity contribution is 7.16. The molecule has 0 fully saturated rings. The molecule has 0 saturated carbocycles. The number of hydrogen-bond donors (Lipinski definition) is 1. The van der Waals surface area contributed by atoms with Gasteiger partial charge in [0.15, 0.2) is 0 Å². The van der Waals surface area contributed by atoms with Crippen LogP contribution in [0.4, 0.5) is 5.00 Å². The molecule has 0 aromatic carbocycles. The number of nitrogen functional groups attached to an aromatic ring is 1. The number of rotatable bonds is 1. The van der Waals surface area contributed by atoms with Gasteiger partial charge in [0.2, 0.25) is 0 Å². The van der Waals surface area contributed by atoms with Crippen LogP contribution in [0.2, 0.25) is 0 Å². The van der Waals surface area contributed by atoms with Crippen molar-refractivity contribution in [3.63, 3.8) is 0 Å². The van der Waals surface area contributed by atoms with Crippen LogP contribution in [0.15, 0.2) is 23.0 Å². The van der Waals surface area contributed by atoms with Crippen LogP contribution in [-0.4, -0.2) is 0 Å². The van der Waals surface area contributed by atoms with Crippen LogP contribution in [0.5, 0.6) is 0 Å². The van der Waals surface area contributed by atoms with Crippen molar-refractivity contribution >= 4 is 16.3 Å². The lowest BCUT2D eigenvalue weighted by Gasteiger charge is -2.11. The highest BCUT2D eigenvalue weighted by Gasteiger charge is 2.20. The van der Waals surface area contributed by atoms with Crippen LogP contribution in [-0.2, 0) is 12.8 Å². The Morgan fingerprint density at radius 1 is 1.27 bits per heavy atom. The first-order chi connectivity index (χ1) is 7.36. The Morgan fingerprint density at radius 2 is 2.13 bits per heavy atom. The Hall–Kier alpha value is -1.22. The van der Waals surface area contributed by atoms with Crippen molar-refractivity contribution in [2.24, 2.45) is 0 Å². The highest BCUT2D eigenvalue weighted by atomic mass is 32.1. The van der Waals surface area contributed by atoms with Crippen LogP contribution in [0.3, 0.4) is 0 Å². The average Bonchev–Trinajstić information content (AvgIpc) is 2.82. The zero-order chi connectivity index (χ0) is 10.3. The van der Waals surface area contributed by atoms with Gasteiger partial charge in [0.25, 0.3) is 0 Å². The molecule has 78 valence electrons. The zero-order valence-corrected chi connectivity index (χ0v) is 9.27. The van der Waals surface area contributed by atoms with Crippen molar-refractivity contribution in [3.05, 3.63) is 29.0 Å². The smallest absolute Gasteiger partial charge is 0.0982 e. The molecule has 0 radical (unpaired) electrons. The molecule has 2 N–H and O–H groups in total. The third-order valence-corrected chi connectivity index (χ3v) is 4.13. The monoisotopic (exact) mass is 219 g/mol. The molecule has 3 heteroatoms. The number of nitrogens with two attached hydrogens (primary N) is 1. The Bertz CT molecular complexity index is 470. The van der Waals surface area contributed by atoms with E-state index in [-0.39, 0.29) is 0 Å². The summed E-state index contributed by atoms with van der Waals surface area (Å²) in [6, 6.07) is 1.99. The van der Waals surface area contributed by atoms with Gasteiger partial charge in [-0.1, -0.05) is 0 Å². The van der Waals surface area contributed by atoms with Gasteiger partial charge in [-0.2, -0.15) is 0 Å². The van der Waals surface area contributed by atoms with E-state index < -0.39 is 0 Å². The molecule has 1 aliphatic carbocycles. The molecule has 3 rings (SSSR count). The summed E-state index contributed by atoms with van der Waals surface area (Å²) in [5.74, 6) is 0. The summed E-state index contributed by atoms with van der Waals surface area (Å²) in [4.78, 5) is 1.48. The topological polar surface area (TPSA) is 39.2 Å². The van der Waals surface area contributed by atoms with E-state index in [9.17, 15) is 0 Å². The molecule has 0 aliphatic heterocycles. The Labute approximate surface area is 92.7 Å². The zero-order valence-electron chi connectivity index (χ0n) is 8.45. The molecule has 2 aromatic rings. The van der Waals surface area contributed by atoms with Crippen molar-refractivity contribution in [1.29, 1.82) is 0 Å². The number of furan rings is 1.